The lowest BCUT2D eigenvalue weighted by atomic mass is 10.1. The fourth-order valence-corrected chi connectivity index (χ4v) is 2.49. The summed E-state index contributed by atoms with van der Waals surface area (Å²) in [5.74, 6) is -0.760. The quantitative estimate of drug-likeness (QED) is 0.626. The van der Waals surface area contributed by atoms with Gasteiger partial charge in [0.1, 0.15) is 24.7 Å². The Kier molecular flexibility index (Phi) is 5.61. The molecule has 0 radical (unpaired) electrons. The predicted molar refractivity (Wildman–Crippen MR) is 96.7 cm³/mol. The Morgan fingerprint density at radius 1 is 1.11 bits per heavy atom. The normalized spacial score (nSPS) is 10.4. The molecule has 0 N–H and O–H groups in total. The van der Waals surface area contributed by atoms with E-state index in [1.165, 1.54) is 37.4 Å². The minimum atomic E-state index is -0.586. The van der Waals surface area contributed by atoms with Crippen molar-refractivity contribution in [1.29, 1.82) is 0 Å². The van der Waals surface area contributed by atoms with Gasteiger partial charge in [0.2, 0.25) is 0 Å². The predicted octanol–water partition coefficient (Wildman–Crippen LogP) is 2.80. The maximum absolute atomic E-state index is 13.4. The van der Waals surface area contributed by atoms with Crippen LogP contribution in [0.15, 0.2) is 65.5 Å². The first-order chi connectivity index (χ1) is 13.1. The fraction of sp³-hybridized carbons (Fsp3) is 0.150. The Morgan fingerprint density at radius 2 is 1.89 bits per heavy atom. The number of carbonyl (C=O) groups is 1. The summed E-state index contributed by atoms with van der Waals surface area (Å²) in [6.07, 6.45) is 0. The Balaban J connectivity index is 1.78. The summed E-state index contributed by atoms with van der Waals surface area (Å²) >= 11 is 0. The van der Waals surface area contributed by atoms with Gasteiger partial charge in [0.05, 0.1) is 12.8 Å². The average molecular weight is 368 g/mol. The van der Waals surface area contributed by atoms with Crippen LogP contribution in [0.3, 0.4) is 0 Å². The van der Waals surface area contributed by atoms with Crippen molar-refractivity contribution < 1.29 is 18.7 Å². The number of ether oxygens (including phenoxy) is 2. The number of hydrogen-bond acceptors (Lipinski definition) is 5. The number of hydrogen-bond donors (Lipinski definition) is 0. The van der Waals surface area contributed by atoms with E-state index in [1.54, 1.807) is 0 Å². The molecule has 0 amide bonds. The molecular formula is C20H17FN2O4. The van der Waals surface area contributed by atoms with Crippen LogP contribution in [0.5, 0.6) is 5.75 Å². The van der Waals surface area contributed by atoms with Crippen molar-refractivity contribution in [2.75, 3.05) is 7.11 Å². The summed E-state index contributed by atoms with van der Waals surface area (Å²) in [5, 5.41) is 4.18. The highest BCUT2D eigenvalue weighted by atomic mass is 19.1. The molecule has 0 atom stereocenters. The number of carbonyl (C=O) groups excluding carboxylic acids is 1. The summed E-state index contributed by atoms with van der Waals surface area (Å²) in [6, 6.07) is 16.0. The van der Waals surface area contributed by atoms with E-state index in [0.717, 1.165) is 10.2 Å². The smallest absolute Gasteiger partial charge is 0.328 e. The molecule has 0 saturated carbocycles. The summed E-state index contributed by atoms with van der Waals surface area (Å²) in [7, 11) is 1.41. The highest BCUT2D eigenvalue weighted by molar-refractivity contribution is 5.69. The van der Waals surface area contributed by atoms with Crippen LogP contribution in [0.4, 0.5) is 4.39 Å². The molecule has 1 aromatic heterocycles. The summed E-state index contributed by atoms with van der Waals surface area (Å²) in [5.41, 5.74) is 1.28. The molecule has 0 aliphatic rings. The molecule has 138 valence electrons. The van der Waals surface area contributed by atoms with Crippen LogP contribution in [0, 0.1) is 5.82 Å². The molecule has 0 saturated heterocycles. The number of aromatic nitrogens is 2. The minimum Gasteiger partial charge on any atom is -0.496 e. The fourth-order valence-electron chi connectivity index (χ4n) is 2.49. The molecular weight excluding hydrogens is 351 g/mol. The zero-order valence-electron chi connectivity index (χ0n) is 14.6. The van der Waals surface area contributed by atoms with E-state index in [0.29, 0.717) is 11.3 Å². The van der Waals surface area contributed by atoms with E-state index in [1.807, 2.05) is 30.3 Å². The van der Waals surface area contributed by atoms with Crippen LogP contribution in [-0.2, 0) is 22.7 Å². The van der Waals surface area contributed by atoms with Crippen LogP contribution in [0.25, 0.3) is 11.3 Å². The average Bonchev–Trinajstić information content (AvgIpc) is 2.69. The standard InChI is InChI=1S/C20H17FN2O4/c1-26-18-11-15(21)7-8-16(18)17-9-10-19(24)23(22-17)12-20(25)27-13-14-5-3-2-4-6-14/h2-11H,12-13H2,1H3. The number of halogens is 1. The van der Waals surface area contributed by atoms with E-state index in [2.05, 4.69) is 5.10 Å². The van der Waals surface area contributed by atoms with Gasteiger partial charge in [-0.25, -0.2) is 9.07 Å². The van der Waals surface area contributed by atoms with E-state index in [9.17, 15) is 14.0 Å². The van der Waals surface area contributed by atoms with Gasteiger partial charge in [-0.3, -0.25) is 9.59 Å². The largest absolute Gasteiger partial charge is 0.496 e. The number of esters is 1. The van der Waals surface area contributed by atoms with Gasteiger partial charge in [0.25, 0.3) is 5.56 Å². The van der Waals surface area contributed by atoms with Gasteiger partial charge in [0.15, 0.2) is 0 Å². The molecule has 0 spiro atoms. The van der Waals surface area contributed by atoms with Gasteiger partial charge >= 0.3 is 5.97 Å². The van der Waals surface area contributed by atoms with E-state index >= 15 is 0 Å². The van der Waals surface area contributed by atoms with Crippen LogP contribution >= 0.6 is 0 Å². The van der Waals surface area contributed by atoms with Crippen molar-refractivity contribution in [1.82, 2.24) is 9.78 Å². The summed E-state index contributed by atoms with van der Waals surface area (Å²) < 4.78 is 24.7. The Labute approximate surface area is 154 Å². The summed E-state index contributed by atoms with van der Waals surface area (Å²) in [6.45, 7) is -0.219. The lowest BCUT2D eigenvalue weighted by Crippen LogP contribution is -2.27. The van der Waals surface area contributed by atoms with Crippen molar-refractivity contribution >= 4 is 5.97 Å². The molecule has 6 nitrogen and oxygen atoms in total. The maximum Gasteiger partial charge on any atom is 0.328 e. The number of rotatable bonds is 6. The first-order valence-corrected chi connectivity index (χ1v) is 8.18. The highest BCUT2D eigenvalue weighted by Crippen LogP contribution is 2.28. The van der Waals surface area contributed by atoms with Crippen molar-refractivity contribution in [3.05, 3.63) is 82.4 Å². The molecule has 7 heteroatoms. The SMILES string of the molecule is COc1cc(F)ccc1-c1ccc(=O)n(CC(=O)OCc2ccccc2)n1. The Morgan fingerprint density at radius 3 is 2.63 bits per heavy atom. The molecule has 2 aromatic carbocycles. The molecule has 0 fully saturated rings. The zero-order chi connectivity index (χ0) is 19.2. The van der Waals surface area contributed by atoms with Gasteiger partial charge in [-0.1, -0.05) is 30.3 Å². The van der Waals surface area contributed by atoms with Crippen molar-refractivity contribution in [2.24, 2.45) is 0 Å². The van der Waals surface area contributed by atoms with Gasteiger partial charge in [-0.2, -0.15) is 5.10 Å². The Bertz CT molecular complexity index is 1000. The molecule has 3 rings (SSSR count). The molecule has 0 bridgehead atoms. The van der Waals surface area contributed by atoms with Crippen LogP contribution in [0.2, 0.25) is 0 Å². The third kappa shape index (κ3) is 4.58. The minimum absolute atomic E-state index is 0.111. The van der Waals surface area contributed by atoms with E-state index in [-0.39, 0.29) is 18.9 Å². The van der Waals surface area contributed by atoms with Gasteiger partial charge < -0.3 is 9.47 Å². The Hall–Kier alpha value is -3.48. The van der Waals surface area contributed by atoms with Crippen LogP contribution in [-0.4, -0.2) is 22.9 Å². The second kappa shape index (κ2) is 8.27. The first kappa shape index (κ1) is 18.3. The first-order valence-electron chi connectivity index (χ1n) is 8.18. The number of methoxy groups -OCH3 is 1. The van der Waals surface area contributed by atoms with Crippen LogP contribution in [0.1, 0.15) is 5.56 Å². The van der Waals surface area contributed by atoms with E-state index < -0.39 is 17.3 Å². The third-order valence-electron chi connectivity index (χ3n) is 3.83. The second-order valence-electron chi connectivity index (χ2n) is 5.71. The van der Waals surface area contributed by atoms with Crippen molar-refractivity contribution in [3.63, 3.8) is 0 Å². The topological polar surface area (TPSA) is 70.4 Å². The third-order valence-corrected chi connectivity index (χ3v) is 3.83. The molecule has 1 heterocycles. The molecule has 0 aliphatic carbocycles. The highest BCUT2D eigenvalue weighted by Gasteiger charge is 2.12. The monoisotopic (exact) mass is 368 g/mol. The second-order valence-corrected chi connectivity index (χ2v) is 5.71. The maximum atomic E-state index is 13.4. The van der Waals surface area contributed by atoms with Gasteiger partial charge in [-0.15, -0.1) is 0 Å². The molecule has 3 aromatic rings. The number of benzene rings is 2. The molecule has 27 heavy (non-hydrogen) atoms. The van der Waals surface area contributed by atoms with Crippen molar-refractivity contribution in [2.45, 2.75) is 13.2 Å². The zero-order valence-corrected chi connectivity index (χ0v) is 14.6. The molecule has 0 aliphatic heterocycles. The van der Waals surface area contributed by atoms with E-state index in [4.69, 9.17) is 9.47 Å². The van der Waals surface area contributed by atoms with Crippen molar-refractivity contribution in [3.8, 4) is 17.0 Å². The number of nitrogens with zero attached hydrogens (tertiary/aromatic N) is 2. The van der Waals surface area contributed by atoms with Crippen LogP contribution < -0.4 is 10.3 Å². The lowest BCUT2D eigenvalue weighted by Gasteiger charge is -2.10. The summed E-state index contributed by atoms with van der Waals surface area (Å²) in [4.78, 5) is 24.1. The van der Waals surface area contributed by atoms with Gasteiger partial charge in [-0.05, 0) is 23.8 Å². The lowest BCUT2D eigenvalue weighted by molar-refractivity contribution is -0.146. The molecule has 0 unspecified atom stereocenters. The van der Waals surface area contributed by atoms with Gasteiger partial charge in [0, 0.05) is 17.7 Å².